The molecule has 1 rings (SSSR count). The molecule has 1 unspecified atom stereocenters. The van der Waals surface area contributed by atoms with E-state index in [4.69, 9.17) is 4.74 Å². The summed E-state index contributed by atoms with van der Waals surface area (Å²) in [6, 6.07) is 0.760. The first-order valence-electron chi connectivity index (χ1n) is 6.31. The van der Waals surface area contributed by atoms with Crippen LogP contribution in [0.25, 0.3) is 0 Å². The molecule has 0 radical (unpaired) electrons. The molecule has 1 aliphatic rings. The van der Waals surface area contributed by atoms with Crippen molar-refractivity contribution in [2.45, 2.75) is 38.6 Å². The molecule has 0 aromatic carbocycles. The van der Waals surface area contributed by atoms with Gasteiger partial charge in [-0.2, -0.15) is 0 Å². The Kier molecular flexibility index (Phi) is 6.98. The molecule has 1 aliphatic heterocycles. The minimum atomic E-state index is 0.760. The van der Waals surface area contributed by atoms with Crippen molar-refractivity contribution < 1.29 is 4.74 Å². The van der Waals surface area contributed by atoms with Gasteiger partial charge < -0.3 is 15.0 Å². The highest BCUT2D eigenvalue weighted by Crippen LogP contribution is 2.10. The number of methoxy groups -OCH3 is 1. The summed E-state index contributed by atoms with van der Waals surface area (Å²) in [7, 11) is 1.77. The van der Waals surface area contributed by atoms with Gasteiger partial charge in [-0.1, -0.05) is 13.3 Å². The number of nitrogens with one attached hydrogen (secondary N) is 1. The van der Waals surface area contributed by atoms with Crippen LogP contribution in [0.15, 0.2) is 0 Å². The molecule has 15 heavy (non-hydrogen) atoms. The van der Waals surface area contributed by atoms with Crippen LogP contribution in [0.1, 0.15) is 32.6 Å². The van der Waals surface area contributed by atoms with Crippen molar-refractivity contribution in [1.82, 2.24) is 10.2 Å². The van der Waals surface area contributed by atoms with E-state index in [-0.39, 0.29) is 0 Å². The summed E-state index contributed by atoms with van der Waals surface area (Å²) in [5, 5.41) is 3.60. The third-order valence-corrected chi connectivity index (χ3v) is 3.27. The van der Waals surface area contributed by atoms with Crippen molar-refractivity contribution in [1.29, 1.82) is 0 Å². The van der Waals surface area contributed by atoms with Crippen LogP contribution in [0.4, 0.5) is 0 Å². The Hall–Kier alpha value is -0.120. The van der Waals surface area contributed by atoms with E-state index in [0.717, 1.165) is 25.7 Å². The molecule has 3 heteroatoms. The van der Waals surface area contributed by atoms with Crippen LogP contribution in [0.2, 0.25) is 0 Å². The summed E-state index contributed by atoms with van der Waals surface area (Å²) < 4.78 is 5.11. The first kappa shape index (κ1) is 12.9. The lowest BCUT2D eigenvalue weighted by Crippen LogP contribution is -2.38. The number of nitrogens with zero attached hydrogens (tertiary/aromatic N) is 1. The van der Waals surface area contributed by atoms with Crippen LogP contribution in [0, 0.1) is 0 Å². The van der Waals surface area contributed by atoms with Gasteiger partial charge in [0, 0.05) is 19.7 Å². The largest absolute Gasteiger partial charge is 0.383 e. The first-order valence-corrected chi connectivity index (χ1v) is 6.31. The van der Waals surface area contributed by atoms with E-state index in [1.165, 1.54) is 38.8 Å². The zero-order valence-electron chi connectivity index (χ0n) is 10.3. The van der Waals surface area contributed by atoms with Gasteiger partial charge in [-0.05, 0) is 38.9 Å². The van der Waals surface area contributed by atoms with Crippen molar-refractivity contribution in [3.05, 3.63) is 0 Å². The van der Waals surface area contributed by atoms with E-state index in [9.17, 15) is 0 Å². The Bertz CT molecular complexity index is 147. The molecule has 0 amide bonds. The quantitative estimate of drug-likeness (QED) is 0.695. The molecule has 90 valence electrons. The third-order valence-electron chi connectivity index (χ3n) is 3.27. The lowest BCUT2D eigenvalue weighted by atomic mass is 10.0. The van der Waals surface area contributed by atoms with Crippen LogP contribution in [0.5, 0.6) is 0 Å². The van der Waals surface area contributed by atoms with Crippen LogP contribution < -0.4 is 5.32 Å². The van der Waals surface area contributed by atoms with Gasteiger partial charge >= 0.3 is 0 Å². The molecule has 1 atom stereocenters. The molecule has 0 spiro atoms. The molecule has 1 N–H and O–H groups in total. The van der Waals surface area contributed by atoms with Gasteiger partial charge in [0.15, 0.2) is 0 Å². The zero-order valence-corrected chi connectivity index (χ0v) is 10.3. The van der Waals surface area contributed by atoms with Crippen LogP contribution in [-0.4, -0.2) is 50.8 Å². The Labute approximate surface area is 94.2 Å². The fourth-order valence-electron chi connectivity index (χ4n) is 2.16. The Balaban J connectivity index is 2.09. The lowest BCUT2D eigenvalue weighted by Gasteiger charge is -2.27. The van der Waals surface area contributed by atoms with Gasteiger partial charge in [-0.25, -0.2) is 0 Å². The summed E-state index contributed by atoms with van der Waals surface area (Å²) in [5.74, 6) is 0. The fourth-order valence-corrected chi connectivity index (χ4v) is 2.16. The summed E-state index contributed by atoms with van der Waals surface area (Å²) in [5.41, 5.74) is 0. The standard InChI is InChI=1S/C12H26N2O/c1-3-14(10-11-15-2)9-7-12-6-4-5-8-13-12/h12-13H,3-11H2,1-2H3. The van der Waals surface area contributed by atoms with E-state index in [2.05, 4.69) is 17.1 Å². The number of ether oxygens (including phenoxy) is 1. The normalized spacial score (nSPS) is 22.2. The van der Waals surface area contributed by atoms with Crippen molar-refractivity contribution in [2.75, 3.05) is 39.9 Å². The van der Waals surface area contributed by atoms with E-state index in [0.29, 0.717) is 0 Å². The second-order valence-corrected chi connectivity index (χ2v) is 4.36. The maximum atomic E-state index is 5.11. The lowest BCUT2D eigenvalue weighted by molar-refractivity contribution is 0.146. The van der Waals surface area contributed by atoms with Gasteiger partial charge in [-0.3, -0.25) is 0 Å². The molecule has 0 aromatic rings. The molecule has 1 saturated heterocycles. The number of hydrogen-bond acceptors (Lipinski definition) is 3. The second-order valence-electron chi connectivity index (χ2n) is 4.36. The average Bonchev–Trinajstić information content (AvgIpc) is 2.31. The minimum Gasteiger partial charge on any atom is -0.383 e. The highest BCUT2D eigenvalue weighted by atomic mass is 16.5. The highest BCUT2D eigenvalue weighted by Gasteiger charge is 2.13. The van der Waals surface area contributed by atoms with Crippen molar-refractivity contribution in [2.24, 2.45) is 0 Å². The van der Waals surface area contributed by atoms with Gasteiger partial charge in [0.05, 0.1) is 6.61 Å². The predicted octanol–water partition coefficient (Wildman–Crippen LogP) is 1.49. The smallest absolute Gasteiger partial charge is 0.0589 e. The fraction of sp³-hybridized carbons (Fsp3) is 1.00. The topological polar surface area (TPSA) is 24.5 Å². The molecule has 0 bridgehead atoms. The zero-order chi connectivity index (χ0) is 10.9. The van der Waals surface area contributed by atoms with E-state index in [1.807, 2.05) is 0 Å². The minimum absolute atomic E-state index is 0.760. The van der Waals surface area contributed by atoms with E-state index >= 15 is 0 Å². The van der Waals surface area contributed by atoms with Crippen molar-refractivity contribution in [3.8, 4) is 0 Å². The van der Waals surface area contributed by atoms with Crippen LogP contribution >= 0.6 is 0 Å². The van der Waals surface area contributed by atoms with Crippen LogP contribution in [-0.2, 0) is 4.74 Å². The van der Waals surface area contributed by atoms with Gasteiger partial charge in [-0.15, -0.1) is 0 Å². The Morgan fingerprint density at radius 3 is 2.80 bits per heavy atom. The Morgan fingerprint density at radius 1 is 1.33 bits per heavy atom. The third kappa shape index (κ3) is 5.50. The Morgan fingerprint density at radius 2 is 2.20 bits per heavy atom. The summed E-state index contributed by atoms with van der Waals surface area (Å²) in [4.78, 5) is 2.47. The highest BCUT2D eigenvalue weighted by molar-refractivity contribution is 4.73. The van der Waals surface area contributed by atoms with Crippen molar-refractivity contribution in [3.63, 3.8) is 0 Å². The second kappa shape index (κ2) is 8.08. The molecule has 0 aliphatic carbocycles. The maximum absolute atomic E-state index is 5.11. The molecular weight excluding hydrogens is 188 g/mol. The maximum Gasteiger partial charge on any atom is 0.0589 e. The SMILES string of the molecule is CCN(CCOC)CCC1CCCCN1. The number of likely N-dealkylation sites (N-methyl/N-ethyl adjacent to an activating group) is 1. The average molecular weight is 214 g/mol. The summed E-state index contributed by atoms with van der Waals surface area (Å²) in [6.07, 6.45) is 5.42. The molecule has 0 saturated carbocycles. The molecule has 1 heterocycles. The molecule has 1 fully saturated rings. The van der Waals surface area contributed by atoms with Gasteiger partial charge in [0.1, 0.15) is 0 Å². The number of hydrogen-bond donors (Lipinski definition) is 1. The molecular formula is C12H26N2O. The summed E-state index contributed by atoms with van der Waals surface area (Å²) in [6.45, 7) is 7.71. The number of rotatable bonds is 7. The number of piperidine rings is 1. The molecule has 0 aromatic heterocycles. The van der Waals surface area contributed by atoms with Gasteiger partial charge in [0.25, 0.3) is 0 Å². The first-order chi connectivity index (χ1) is 7.36. The monoisotopic (exact) mass is 214 g/mol. The molecule has 3 nitrogen and oxygen atoms in total. The van der Waals surface area contributed by atoms with E-state index < -0.39 is 0 Å². The predicted molar refractivity (Wildman–Crippen MR) is 64.2 cm³/mol. The van der Waals surface area contributed by atoms with Crippen LogP contribution in [0.3, 0.4) is 0 Å². The van der Waals surface area contributed by atoms with Gasteiger partial charge in [0.2, 0.25) is 0 Å². The van der Waals surface area contributed by atoms with E-state index in [1.54, 1.807) is 7.11 Å². The van der Waals surface area contributed by atoms with Crippen molar-refractivity contribution >= 4 is 0 Å². The summed E-state index contributed by atoms with van der Waals surface area (Å²) >= 11 is 0.